The van der Waals surface area contributed by atoms with Crippen molar-refractivity contribution in [3.63, 3.8) is 0 Å². The molecular weight excluding hydrogens is 288 g/mol. The predicted octanol–water partition coefficient (Wildman–Crippen LogP) is 4.11. The lowest BCUT2D eigenvalue weighted by Crippen LogP contribution is -2.13. The third-order valence-electron chi connectivity index (χ3n) is 3.93. The highest BCUT2D eigenvalue weighted by Gasteiger charge is 2.11. The van der Waals surface area contributed by atoms with E-state index in [2.05, 4.69) is 10.3 Å². The van der Waals surface area contributed by atoms with Crippen LogP contribution in [0, 0.1) is 13.8 Å². The molecule has 0 aliphatic heterocycles. The van der Waals surface area contributed by atoms with Gasteiger partial charge in [-0.1, -0.05) is 12.1 Å². The number of pyridine rings is 1. The first-order valence-electron chi connectivity index (χ1n) is 7.40. The number of nitrogens with zero attached hydrogens (tertiary/aromatic N) is 1. The van der Waals surface area contributed by atoms with E-state index in [1.165, 1.54) is 0 Å². The molecule has 0 aliphatic rings. The minimum absolute atomic E-state index is 0.159. The van der Waals surface area contributed by atoms with Crippen LogP contribution in [0.25, 0.3) is 10.9 Å². The van der Waals surface area contributed by atoms with Crippen LogP contribution in [-0.4, -0.2) is 18.0 Å². The summed E-state index contributed by atoms with van der Waals surface area (Å²) < 4.78 is 5.31. The van der Waals surface area contributed by atoms with Crippen LogP contribution in [0.15, 0.2) is 48.7 Å². The molecule has 0 fully saturated rings. The first kappa shape index (κ1) is 15.0. The second kappa shape index (κ2) is 6.08. The minimum atomic E-state index is -0.159. The van der Waals surface area contributed by atoms with E-state index >= 15 is 0 Å². The summed E-state index contributed by atoms with van der Waals surface area (Å²) in [4.78, 5) is 16.9. The molecule has 0 atom stereocenters. The Hall–Kier alpha value is -2.88. The van der Waals surface area contributed by atoms with Crippen molar-refractivity contribution in [2.75, 3.05) is 12.4 Å². The van der Waals surface area contributed by atoms with Gasteiger partial charge in [0.05, 0.1) is 18.3 Å². The maximum atomic E-state index is 12.5. The number of aromatic nitrogens is 1. The molecule has 1 amide bonds. The van der Waals surface area contributed by atoms with Crippen LogP contribution in [0.5, 0.6) is 5.75 Å². The van der Waals surface area contributed by atoms with Crippen LogP contribution in [0.3, 0.4) is 0 Å². The highest BCUT2D eigenvalue weighted by Crippen LogP contribution is 2.28. The van der Waals surface area contributed by atoms with Crippen molar-refractivity contribution in [1.82, 2.24) is 4.98 Å². The van der Waals surface area contributed by atoms with Crippen LogP contribution in [0.2, 0.25) is 0 Å². The Morgan fingerprint density at radius 1 is 1.09 bits per heavy atom. The van der Waals surface area contributed by atoms with Crippen molar-refractivity contribution in [3.8, 4) is 5.75 Å². The second-order valence-electron chi connectivity index (χ2n) is 5.50. The second-order valence-corrected chi connectivity index (χ2v) is 5.50. The number of methoxy groups -OCH3 is 1. The molecule has 1 N–H and O–H groups in total. The number of aryl methyl sites for hydroxylation is 2. The van der Waals surface area contributed by atoms with E-state index in [1.807, 2.05) is 50.2 Å². The highest BCUT2D eigenvalue weighted by molar-refractivity contribution is 6.08. The molecule has 116 valence electrons. The van der Waals surface area contributed by atoms with Gasteiger partial charge in [-0.2, -0.15) is 0 Å². The van der Waals surface area contributed by atoms with Crippen molar-refractivity contribution in [2.45, 2.75) is 13.8 Å². The summed E-state index contributed by atoms with van der Waals surface area (Å²) >= 11 is 0. The molecule has 0 saturated heterocycles. The summed E-state index contributed by atoms with van der Waals surface area (Å²) in [6.45, 7) is 4.02. The molecule has 3 aromatic rings. The lowest BCUT2D eigenvalue weighted by molar-refractivity contribution is 0.102. The van der Waals surface area contributed by atoms with Crippen molar-refractivity contribution in [1.29, 1.82) is 0 Å². The molecule has 0 saturated carbocycles. The van der Waals surface area contributed by atoms with Gasteiger partial charge in [-0.3, -0.25) is 9.78 Å². The summed E-state index contributed by atoms with van der Waals surface area (Å²) in [6.07, 6.45) is 1.71. The molecule has 2 aromatic carbocycles. The molecule has 0 spiro atoms. The van der Waals surface area contributed by atoms with E-state index in [-0.39, 0.29) is 5.91 Å². The van der Waals surface area contributed by atoms with Crippen molar-refractivity contribution >= 4 is 22.5 Å². The monoisotopic (exact) mass is 306 g/mol. The topological polar surface area (TPSA) is 51.2 Å². The Balaban J connectivity index is 2.00. The number of nitrogens with one attached hydrogen (secondary N) is 1. The average molecular weight is 306 g/mol. The Morgan fingerprint density at radius 2 is 1.91 bits per heavy atom. The number of ether oxygens (including phenoxy) is 1. The van der Waals surface area contributed by atoms with E-state index < -0.39 is 0 Å². The summed E-state index contributed by atoms with van der Waals surface area (Å²) in [5.74, 6) is 0.522. The van der Waals surface area contributed by atoms with Gasteiger partial charge in [0, 0.05) is 23.2 Å². The van der Waals surface area contributed by atoms with Crippen LogP contribution >= 0.6 is 0 Å². The lowest BCUT2D eigenvalue weighted by Gasteiger charge is -2.11. The molecule has 23 heavy (non-hydrogen) atoms. The Morgan fingerprint density at radius 3 is 2.65 bits per heavy atom. The average Bonchev–Trinajstić information content (AvgIpc) is 2.57. The molecule has 0 unspecified atom stereocenters. The molecule has 4 nitrogen and oxygen atoms in total. The smallest absolute Gasteiger partial charge is 0.255 e. The quantitative estimate of drug-likeness (QED) is 0.792. The van der Waals surface area contributed by atoms with Gasteiger partial charge >= 0.3 is 0 Å². The zero-order chi connectivity index (χ0) is 16.4. The third-order valence-corrected chi connectivity index (χ3v) is 3.93. The van der Waals surface area contributed by atoms with Gasteiger partial charge in [0.15, 0.2) is 0 Å². The normalized spacial score (nSPS) is 10.6. The fourth-order valence-corrected chi connectivity index (χ4v) is 2.46. The predicted molar refractivity (Wildman–Crippen MR) is 92.2 cm³/mol. The lowest BCUT2D eigenvalue weighted by atomic mass is 10.1. The van der Waals surface area contributed by atoms with Crippen LogP contribution in [0.4, 0.5) is 5.69 Å². The highest BCUT2D eigenvalue weighted by atomic mass is 16.5. The van der Waals surface area contributed by atoms with Crippen LogP contribution < -0.4 is 10.1 Å². The number of benzene rings is 2. The van der Waals surface area contributed by atoms with E-state index in [0.29, 0.717) is 17.0 Å². The number of rotatable bonds is 3. The van der Waals surface area contributed by atoms with Gasteiger partial charge in [0.2, 0.25) is 0 Å². The number of carbonyl (C=O) groups is 1. The molecule has 0 radical (unpaired) electrons. The number of amides is 1. The molecule has 4 heteroatoms. The van der Waals surface area contributed by atoms with E-state index in [1.54, 1.807) is 19.4 Å². The van der Waals surface area contributed by atoms with Gasteiger partial charge in [-0.05, 0) is 49.2 Å². The SMILES string of the molecule is COc1cc(NC(=O)c2ccc(C)c(C)c2)c2ncccc2c1. The standard InChI is InChI=1S/C19H18N2O2/c1-12-6-7-15(9-13(12)2)19(22)21-17-11-16(23-3)10-14-5-4-8-20-18(14)17/h4-11H,1-3H3,(H,21,22). The van der Waals surface area contributed by atoms with Crippen molar-refractivity contribution in [2.24, 2.45) is 0 Å². The molecule has 1 aromatic heterocycles. The van der Waals surface area contributed by atoms with Crippen LogP contribution in [0.1, 0.15) is 21.5 Å². The molecule has 0 aliphatic carbocycles. The maximum Gasteiger partial charge on any atom is 0.255 e. The van der Waals surface area contributed by atoms with Gasteiger partial charge in [0.25, 0.3) is 5.91 Å². The van der Waals surface area contributed by atoms with Gasteiger partial charge in [0.1, 0.15) is 5.75 Å². The van der Waals surface area contributed by atoms with Crippen LogP contribution in [-0.2, 0) is 0 Å². The first-order valence-corrected chi connectivity index (χ1v) is 7.40. The van der Waals surface area contributed by atoms with Gasteiger partial charge in [-0.25, -0.2) is 0 Å². The van der Waals surface area contributed by atoms with E-state index in [4.69, 9.17) is 4.74 Å². The molecule has 1 heterocycles. The van der Waals surface area contributed by atoms with Crippen molar-refractivity contribution in [3.05, 3.63) is 65.4 Å². The number of carbonyl (C=O) groups excluding carboxylic acids is 1. The Labute approximate surface area is 135 Å². The van der Waals surface area contributed by atoms with E-state index in [9.17, 15) is 4.79 Å². The number of hydrogen-bond donors (Lipinski definition) is 1. The zero-order valence-corrected chi connectivity index (χ0v) is 13.4. The number of hydrogen-bond acceptors (Lipinski definition) is 3. The molecular formula is C19H18N2O2. The van der Waals surface area contributed by atoms with E-state index in [0.717, 1.165) is 22.0 Å². The third kappa shape index (κ3) is 3.01. The molecule has 0 bridgehead atoms. The van der Waals surface area contributed by atoms with Crippen molar-refractivity contribution < 1.29 is 9.53 Å². The summed E-state index contributed by atoms with van der Waals surface area (Å²) in [7, 11) is 1.60. The summed E-state index contributed by atoms with van der Waals surface area (Å²) in [6, 6.07) is 13.1. The largest absolute Gasteiger partial charge is 0.497 e. The maximum absolute atomic E-state index is 12.5. The van der Waals surface area contributed by atoms with Gasteiger partial charge < -0.3 is 10.1 Å². The van der Waals surface area contributed by atoms with Gasteiger partial charge in [-0.15, -0.1) is 0 Å². The molecule has 3 rings (SSSR count). The summed E-state index contributed by atoms with van der Waals surface area (Å²) in [5, 5.41) is 3.86. The fraction of sp³-hybridized carbons (Fsp3) is 0.158. The number of fused-ring (bicyclic) bond motifs is 1. The fourth-order valence-electron chi connectivity index (χ4n) is 2.46. The minimum Gasteiger partial charge on any atom is -0.497 e. The summed E-state index contributed by atoms with van der Waals surface area (Å²) in [5.41, 5.74) is 4.26. The number of anilines is 1. The zero-order valence-electron chi connectivity index (χ0n) is 13.4. The Kier molecular flexibility index (Phi) is 3.98. The first-order chi connectivity index (χ1) is 11.1. The Bertz CT molecular complexity index is 888.